The minimum atomic E-state index is 0.664. The Bertz CT molecular complexity index is 377. The minimum absolute atomic E-state index is 0.664. The molecular weight excluding hydrogens is 318 g/mol. The molecule has 3 unspecified atom stereocenters. The number of rotatable bonds is 6. The minimum Gasteiger partial charge on any atom is -0.313 e. The Kier molecular flexibility index (Phi) is 6.37. The summed E-state index contributed by atoms with van der Waals surface area (Å²) < 4.78 is 1.30. The van der Waals surface area contributed by atoms with E-state index in [1.165, 1.54) is 47.9 Å². The molecule has 1 aromatic rings. The number of thiophene rings is 1. The Morgan fingerprint density at radius 2 is 2.32 bits per heavy atom. The maximum atomic E-state index is 3.81. The molecule has 1 aliphatic rings. The smallest absolute Gasteiger partial charge is 0.0314 e. The van der Waals surface area contributed by atoms with Gasteiger partial charge in [-0.05, 0) is 71.4 Å². The summed E-state index contributed by atoms with van der Waals surface area (Å²) in [6.07, 6.45) is 8.08. The Labute approximate surface area is 130 Å². The van der Waals surface area contributed by atoms with E-state index in [1.807, 2.05) is 11.3 Å². The molecule has 1 aliphatic carbocycles. The van der Waals surface area contributed by atoms with E-state index in [-0.39, 0.29) is 0 Å². The van der Waals surface area contributed by atoms with Crippen LogP contribution in [0.4, 0.5) is 0 Å². The van der Waals surface area contributed by atoms with E-state index < -0.39 is 0 Å². The first-order valence-electron chi connectivity index (χ1n) is 7.66. The summed E-state index contributed by atoms with van der Waals surface area (Å²) in [4.78, 5) is 1.51. The lowest BCUT2D eigenvalue weighted by Gasteiger charge is -2.34. The highest BCUT2D eigenvalue weighted by Crippen LogP contribution is 2.33. The Morgan fingerprint density at radius 3 is 2.95 bits per heavy atom. The number of hydrogen-bond donors (Lipinski definition) is 1. The van der Waals surface area contributed by atoms with Crippen molar-refractivity contribution in [3.8, 4) is 0 Å². The molecule has 0 bridgehead atoms. The van der Waals surface area contributed by atoms with Gasteiger partial charge in [0.1, 0.15) is 0 Å². The highest BCUT2D eigenvalue weighted by Gasteiger charge is 2.27. The van der Waals surface area contributed by atoms with Gasteiger partial charge >= 0.3 is 0 Å². The molecule has 1 saturated carbocycles. The van der Waals surface area contributed by atoms with E-state index in [4.69, 9.17) is 0 Å². The van der Waals surface area contributed by atoms with E-state index in [0.29, 0.717) is 6.04 Å². The van der Waals surface area contributed by atoms with Crippen molar-refractivity contribution in [3.05, 3.63) is 20.8 Å². The lowest BCUT2D eigenvalue weighted by atomic mass is 9.77. The van der Waals surface area contributed by atoms with Gasteiger partial charge in [0.15, 0.2) is 0 Å². The van der Waals surface area contributed by atoms with Crippen molar-refractivity contribution in [1.29, 1.82) is 0 Å². The van der Waals surface area contributed by atoms with Gasteiger partial charge in [-0.25, -0.2) is 0 Å². The fourth-order valence-electron chi connectivity index (χ4n) is 3.25. The SMILES string of the molecule is CCCNC(Cc1sccc1Br)C1CCCC(C)C1. The maximum absolute atomic E-state index is 3.81. The molecule has 0 radical (unpaired) electrons. The van der Waals surface area contributed by atoms with Gasteiger partial charge in [-0.15, -0.1) is 11.3 Å². The van der Waals surface area contributed by atoms with Gasteiger partial charge in [0, 0.05) is 15.4 Å². The zero-order valence-corrected chi connectivity index (χ0v) is 14.5. The fraction of sp³-hybridized carbons (Fsp3) is 0.750. The quantitative estimate of drug-likeness (QED) is 0.743. The monoisotopic (exact) mass is 343 g/mol. The van der Waals surface area contributed by atoms with Crippen LogP contribution in [0.5, 0.6) is 0 Å². The van der Waals surface area contributed by atoms with Crippen molar-refractivity contribution < 1.29 is 0 Å². The van der Waals surface area contributed by atoms with Crippen LogP contribution < -0.4 is 5.32 Å². The normalized spacial score (nSPS) is 25.4. The third-order valence-electron chi connectivity index (χ3n) is 4.30. The molecule has 1 heterocycles. The van der Waals surface area contributed by atoms with Crippen LogP contribution in [-0.2, 0) is 6.42 Å². The summed E-state index contributed by atoms with van der Waals surface area (Å²) in [5.74, 6) is 1.78. The lowest BCUT2D eigenvalue weighted by molar-refractivity contribution is 0.221. The number of hydrogen-bond acceptors (Lipinski definition) is 2. The van der Waals surface area contributed by atoms with Crippen LogP contribution in [0.25, 0.3) is 0 Å². The molecule has 1 fully saturated rings. The van der Waals surface area contributed by atoms with Crippen molar-refractivity contribution in [3.63, 3.8) is 0 Å². The van der Waals surface area contributed by atoms with Crippen LogP contribution in [0.15, 0.2) is 15.9 Å². The Hall–Kier alpha value is 0.140. The van der Waals surface area contributed by atoms with Crippen LogP contribution in [0.2, 0.25) is 0 Å². The molecule has 2 rings (SSSR count). The van der Waals surface area contributed by atoms with Gasteiger partial charge in [-0.2, -0.15) is 0 Å². The summed E-state index contributed by atoms with van der Waals surface area (Å²) in [5, 5.41) is 6.01. The van der Waals surface area contributed by atoms with Crippen LogP contribution >= 0.6 is 27.3 Å². The molecule has 1 nitrogen and oxygen atoms in total. The van der Waals surface area contributed by atoms with Crippen LogP contribution in [-0.4, -0.2) is 12.6 Å². The molecule has 19 heavy (non-hydrogen) atoms. The first kappa shape index (κ1) is 15.5. The van der Waals surface area contributed by atoms with Gasteiger partial charge in [-0.1, -0.05) is 26.7 Å². The second-order valence-corrected chi connectivity index (χ2v) is 7.84. The first-order chi connectivity index (χ1) is 9.20. The summed E-state index contributed by atoms with van der Waals surface area (Å²) in [7, 11) is 0. The maximum Gasteiger partial charge on any atom is 0.0314 e. The molecule has 1 aromatic heterocycles. The van der Waals surface area contributed by atoms with Crippen molar-refractivity contribution in [2.24, 2.45) is 11.8 Å². The molecule has 0 amide bonds. The molecule has 0 spiro atoms. The fourth-order valence-corrected chi connectivity index (χ4v) is 4.83. The summed E-state index contributed by atoms with van der Waals surface area (Å²) in [5.41, 5.74) is 0. The average Bonchev–Trinajstić information content (AvgIpc) is 2.80. The average molecular weight is 344 g/mol. The summed E-state index contributed by atoms with van der Waals surface area (Å²) in [6.45, 7) is 5.83. The largest absolute Gasteiger partial charge is 0.313 e. The van der Waals surface area contributed by atoms with Gasteiger partial charge < -0.3 is 5.32 Å². The third kappa shape index (κ3) is 4.57. The van der Waals surface area contributed by atoms with Crippen molar-refractivity contribution in [2.45, 2.75) is 58.4 Å². The molecular formula is C16H26BrNS. The van der Waals surface area contributed by atoms with E-state index in [2.05, 4.69) is 46.5 Å². The summed E-state index contributed by atoms with van der Waals surface area (Å²) >= 11 is 5.57. The zero-order valence-electron chi connectivity index (χ0n) is 12.1. The number of halogens is 1. The van der Waals surface area contributed by atoms with Gasteiger partial charge in [0.25, 0.3) is 0 Å². The van der Waals surface area contributed by atoms with Crippen LogP contribution in [0.3, 0.4) is 0 Å². The van der Waals surface area contributed by atoms with Gasteiger partial charge in [0.2, 0.25) is 0 Å². The van der Waals surface area contributed by atoms with Crippen LogP contribution in [0.1, 0.15) is 50.8 Å². The molecule has 3 heteroatoms. The highest BCUT2D eigenvalue weighted by atomic mass is 79.9. The van der Waals surface area contributed by atoms with Gasteiger partial charge in [0.05, 0.1) is 0 Å². The predicted octanol–water partition coefficient (Wildman–Crippen LogP) is 5.25. The first-order valence-corrected chi connectivity index (χ1v) is 9.33. The molecule has 0 aromatic carbocycles. The Morgan fingerprint density at radius 1 is 1.47 bits per heavy atom. The highest BCUT2D eigenvalue weighted by molar-refractivity contribution is 9.10. The van der Waals surface area contributed by atoms with E-state index in [9.17, 15) is 0 Å². The van der Waals surface area contributed by atoms with Crippen molar-refractivity contribution in [2.75, 3.05) is 6.54 Å². The second-order valence-electron chi connectivity index (χ2n) is 5.99. The number of nitrogens with one attached hydrogen (secondary N) is 1. The predicted molar refractivity (Wildman–Crippen MR) is 88.9 cm³/mol. The molecule has 1 N–H and O–H groups in total. The molecule has 108 valence electrons. The molecule has 3 atom stereocenters. The van der Waals surface area contributed by atoms with E-state index in [0.717, 1.165) is 18.4 Å². The van der Waals surface area contributed by atoms with Crippen molar-refractivity contribution in [1.82, 2.24) is 5.32 Å². The molecule has 0 saturated heterocycles. The van der Waals surface area contributed by atoms with E-state index in [1.54, 1.807) is 0 Å². The summed E-state index contributed by atoms with van der Waals surface area (Å²) in [6, 6.07) is 2.85. The van der Waals surface area contributed by atoms with Gasteiger partial charge in [-0.3, -0.25) is 0 Å². The second kappa shape index (κ2) is 7.80. The topological polar surface area (TPSA) is 12.0 Å². The zero-order chi connectivity index (χ0) is 13.7. The molecule has 0 aliphatic heterocycles. The third-order valence-corrected chi connectivity index (χ3v) is 6.25. The standard InChI is InChI=1S/C16H26BrNS/c1-3-8-18-15(11-16-14(17)7-9-19-16)13-6-4-5-12(2)10-13/h7,9,12-13,15,18H,3-6,8,10-11H2,1-2H3. The lowest BCUT2D eigenvalue weighted by Crippen LogP contribution is -2.40. The van der Waals surface area contributed by atoms with Crippen LogP contribution in [0, 0.1) is 11.8 Å². The van der Waals surface area contributed by atoms with E-state index >= 15 is 0 Å². The Balaban J connectivity index is 2.00. The van der Waals surface area contributed by atoms with Crippen molar-refractivity contribution >= 4 is 27.3 Å².